The summed E-state index contributed by atoms with van der Waals surface area (Å²) in [5.41, 5.74) is 1.57. The van der Waals surface area contributed by atoms with E-state index in [1.54, 1.807) is 13.2 Å². The van der Waals surface area contributed by atoms with Crippen molar-refractivity contribution in [2.24, 2.45) is 11.8 Å². The molecule has 2 rings (SSSR count). The van der Waals surface area contributed by atoms with Gasteiger partial charge < -0.3 is 10.1 Å². The van der Waals surface area contributed by atoms with E-state index in [1.807, 2.05) is 12.1 Å². The molecule has 1 N–H and O–H groups in total. The maximum Gasteiger partial charge on any atom is 0.121 e. The van der Waals surface area contributed by atoms with Crippen molar-refractivity contribution in [3.63, 3.8) is 0 Å². The first-order chi connectivity index (χ1) is 8.74. The van der Waals surface area contributed by atoms with E-state index < -0.39 is 0 Å². The van der Waals surface area contributed by atoms with Crippen LogP contribution in [0.3, 0.4) is 0 Å². The Morgan fingerprint density at radius 2 is 2.28 bits per heavy atom. The van der Waals surface area contributed by atoms with Crippen LogP contribution in [-0.2, 0) is 0 Å². The van der Waals surface area contributed by atoms with Crippen molar-refractivity contribution >= 4 is 5.69 Å². The molecule has 0 bridgehead atoms. The predicted octanol–water partition coefficient (Wildman–Crippen LogP) is 3.41. The molecule has 1 aromatic rings. The Balaban J connectivity index is 2.05. The molecule has 3 nitrogen and oxygen atoms in total. The third-order valence-electron chi connectivity index (χ3n) is 3.94. The van der Waals surface area contributed by atoms with Crippen molar-refractivity contribution in [2.45, 2.75) is 26.2 Å². The van der Waals surface area contributed by atoms with E-state index in [0.29, 0.717) is 5.56 Å². The zero-order chi connectivity index (χ0) is 13.0. The van der Waals surface area contributed by atoms with Crippen molar-refractivity contribution in [3.8, 4) is 11.8 Å². The molecule has 96 valence electrons. The van der Waals surface area contributed by atoms with Gasteiger partial charge in [-0.1, -0.05) is 19.8 Å². The summed E-state index contributed by atoms with van der Waals surface area (Å²) in [5.74, 6) is 2.30. The summed E-state index contributed by atoms with van der Waals surface area (Å²) in [4.78, 5) is 0. The Bertz CT molecular complexity index is 450. The van der Waals surface area contributed by atoms with Crippen LogP contribution in [0.15, 0.2) is 18.2 Å². The van der Waals surface area contributed by atoms with Gasteiger partial charge in [0.15, 0.2) is 0 Å². The molecule has 2 atom stereocenters. The van der Waals surface area contributed by atoms with Gasteiger partial charge in [0.2, 0.25) is 0 Å². The molecule has 1 aromatic carbocycles. The molecular formula is C15H20N2O. The number of nitrogens with one attached hydrogen (secondary N) is 1. The van der Waals surface area contributed by atoms with Crippen molar-refractivity contribution in [1.82, 2.24) is 0 Å². The number of nitriles is 1. The van der Waals surface area contributed by atoms with Gasteiger partial charge in [0.1, 0.15) is 11.8 Å². The van der Waals surface area contributed by atoms with E-state index in [2.05, 4.69) is 18.3 Å². The Morgan fingerprint density at radius 3 is 2.89 bits per heavy atom. The first-order valence-electron chi connectivity index (χ1n) is 6.56. The maximum atomic E-state index is 9.10. The molecule has 0 amide bonds. The number of ether oxygens (including phenoxy) is 1. The highest BCUT2D eigenvalue weighted by atomic mass is 16.5. The number of nitrogens with zero attached hydrogens (tertiary/aromatic N) is 1. The summed E-state index contributed by atoms with van der Waals surface area (Å²) in [6, 6.07) is 7.74. The van der Waals surface area contributed by atoms with Crippen LogP contribution in [0.25, 0.3) is 0 Å². The summed E-state index contributed by atoms with van der Waals surface area (Å²) in [5, 5.41) is 12.5. The average Bonchev–Trinajstić information content (AvgIpc) is 2.81. The second-order valence-electron chi connectivity index (χ2n) is 5.07. The molecule has 1 aliphatic carbocycles. The van der Waals surface area contributed by atoms with E-state index in [0.717, 1.165) is 29.8 Å². The molecule has 1 fully saturated rings. The zero-order valence-electron chi connectivity index (χ0n) is 11.1. The minimum absolute atomic E-state index is 0.682. The van der Waals surface area contributed by atoms with E-state index in [1.165, 1.54) is 19.3 Å². The molecule has 1 saturated carbocycles. The van der Waals surface area contributed by atoms with Gasteiger partial charge in [-0.15, -0.1) is 0 Å². The van der Waals surface area contributed by atoms with Gasteiger partial charge in [-0.05, 0) is 30.4 Å². The first-order valence-corrected chi connectivity index (χ1v) is 6.56. The summed E-state index contributed by atoms with van der Waals surface area (Å²) < 4.78 is 5.20. The minimum atomic E-state index is 0.682. The highest BCUT2D eigenvalue weighted by Gasteiger charge is 2.23. The molecule has 0 aliphatic heterocycles. The van der Waals surface area contributed by atoms with Crippen LogP contribution in [0.1, 0.15) is 31.7 Å². The van der Waals surface area contributed by atoms with Crippen LogP contribution < -0.4 is 10.1 Å². The molecule has 1 aliphatic rings. The third kappa shape index (κ3) is 2.76. The summed E-state index contributed by atoms with van der Waals surface area (Å²) >= 11 is 0. The summed E-state index contributed by atoms with van der Waals surface area (Å²) in [6.07, 6.45) is 3.95. The molecule has 0 spiro atoms. The minimum Gasteiger partial charge on any atom is -0.497 e. The van der Waals surface area contributed by atoms with Gasteiger partial charge >= 0.3 is 0 Å². The average molecular weight is 244 g/mol. The molecule has 0 heterocycles. The first kappa shape index (κ1) is 12.8. The highest BCUT2D eigenvalue weighted by molar-refractivity contribution is 5.60. The molecule has 0 aromatic heterocycles. The smallest absolute Gasteiger partial charge is 0.121 e. The van der Waals surface area contributed by atoms with Crippen molar-refractivity contribution in [1.29, 1.82) is 5.26 Å². The van der Waals surface area contributed by atoms with E-state index in [4.69, 9.17) is 10.00 Å². The van der Waals surface area contributed by atoms with Crippen molar-refractivity contribution in [3.05, 3.63) is 23.8 Å². The van der Waals surface area contributed by atoms with Crippen molar-refractivity contribution in [2.75, 3.05) is 19.0 Å². The van der Waals surface area contributed by atoms with E-state index in [-0.39, 0.29) is 0 Å². The fraction of sp³-hybridized carbons (Fsp3) is 0.533. The molecule has 3 heteroatoms. The summed E-state index contributed by atoms with van der Waals surface area (Å²) in [7, 11) is 1.64. The Hall–Kier alpha value is -1.69. The lowest BCUT2D eigenvalue weighted by Gasteiger charge is -2.17. The number of anilines is 1. The zero-order valence-corrected chi connectivity index (χ0v) is 11.1. The highest BCUT2D eigenvalue weighted by Crippen LogP contribution is 2.32. The fourth-order valence-electron chi connectivity index (χ4n) is 2.66. The second kappa shape index (κ2) is 5.77. The number of methoxy groups -OCH3 is 1. The van der Waals surface area contributed by atoms with Crippen molar-refractivity contribution < 1.29 is 4.74 Å². The van der Waals surface area contributed by atoms with Gasteiger partial charge in [0.05, 0.1) is 18.4 Å². The van der Waals surface area contributed by atoms with Gasteiger partial charge in [0, 0.05) is 12.6 Å². The van der Waals surface area contributed by atoms with Crippen LogP contribution >= 0.6 is 0 Å². The Kier molecular flexibility index (Phi) is 4.09. The normalized spacial score (nSPS) is 22.5. The van der Waals surface area contributed by atoms with Gasteiger partial charge in [-0.25, -0.2) is 0 Å². The molecule has 2 unspecified atom stereocenters. The summed E-state index contributed by atoms with van der Waals surface area (Å²) in [6.45, 7) is 3.26. The quantitative estimate of drug-likeness (QED) is 0.882. The number of hydrogen-bond acceptors (Lipinski definition) is 3. The van der Waals surface area contributed by atoms with E-state index in [9.17, 15) is 0 Å². The standard InChI is InChI=1S/C15H20N2O/c1-11-4-3-5-13(11)10-17-15-8-14(18-2)7-6-12(15)9-16/h6-8,11,13,17H,3-5,10H2,1-2H3. The molecule has 18 heavy (non-hydrogen) atoms. The van der Waals surface area contributed by atoms with Gasteiger partial charge in [0.25, 0.3) is 0 Å². The number of benzene rings is 1. The third-order valence-corrected chi connectivity index (χ3v) is 3.94. The lowest BCUT2D eigenvalue weighted by molar-refractivity contribution is 0.414. The van der Waals surface area contributed by atoms with Crippen LogP contribution in [0.5, 0.6) is 5.75 Å². The second-order valence-corrected chi connectivity index (χ2v) is 5.07. The SMILES string of the molecule is COc1ccc(C#N)c(NCC2CCCC2C)c1. The van der Waals surface area contributed by atoms with E-state index >= 15 is 0 Å². The molecular weight excluding hydrogens is 224 g/mol. The lowest BCUT2D eigenvalue weighted by atomic mass is 9.98. The van der Waals surface area contributed by atoms with Gasteiger partial charge in [-0.3, -0.25) is 0 Å². The monoisotopic (exact) mass is 244 g/mol. The molecule has 0 saturated heterocycles. The van der Waals surface area contributed by atoms with Gasteiger partial charge in [-0.2, -0.15) is 5.26 Å². The lowest BCUT2D eigenvalue weighted by Crippen LogP contribution is -2.17. The fourth-order valence-corrected chi connectivity index (χ4v) is 2.66. The topological polar surface area (TPSA) is 45.0 Å². The van der Waals surface area contributed by atoms with Crippen LogP contribution in [0.4, 0.5) is 5.69 Å². The number of hydrogen-bond donors (Lipinski definition) is 1. The Labute approximate surface area is 109 Å². The number of rotatable bonds is 4. The van der Waals surface area contributed by atoms with Crippen LogP contribution in [0, 0.1) is 23.2 Å². The maximum absolute atomic E-state index is 9.10. The van der Waals surface area contributed by atoms with Crippen LogP contribution in [-0.4, -0.2) is 13.7 Å². The Morgan fingerprint density at radius 1 is 1.44 bits per heavy atom. The largest absolute Gasteiger partial charge is 0.497 e. The molecule has 0 radical (unpaired) electrons. The predicted molar refractivity (Wildman–Crippen MR) is 72.7 cm³/mol. The van der Waals surface area contributed by atoms with Crippen LogP contribution in [0.2, 0.25) is 0 Å².